The lowest BCUT2D eigenvalue weighted by Crippen LogP contribution is -3.12. The van der Waals surface area contributed by atoms with E-state index < -0.39 is 0 Å². The van der Waals surface area contributed by atoms with Crippen LogP contribution in [0.15, 0.2) is 10.9 Å². The predicted octanol–water partition coefficient (Wildman–Crippen LogP) is -1.75. The molecule has 6 nitrogen and oxygen atoms in total. The van der Waals surface area contributed by atoms with Crippen molar-refractivity contribution in [2.45, 2.75) is 6.61 Å². The molecule has 0 amide bonds. The molecule has 94 valence electrons. The quantitative estimate of drug-likeness (QED) is 0.657. The third-order valence-corrected chi connectivity index (χ3v) is 2.99. The number of hydrogen-bond acceptors (Lipinski definition) is 4. The molecule has 0 radical (unpaired) electrons. The first-order valence-electron chi connectivity index (χ1n) is 5.84. The smallest absolute Gasteiger partial charge is 0.252 e. The Morgan fingerprint density at radius 2 is 2.24 bits per heavy atom. The number of H-pyrrole nitrogens is 1. The zero-order valence-corrected chi connectivity index (χ0v) is 10.3. The van der Waals surface area contributed by atoms with Gasteiger partial charge in [-0.3, -0.25) is 9.78 Å². The van der Waals surface area contributed by atoms with Crippen LogP contribution in [0.5, 0.6) is 0 Å². The molecule has 17 heavy (non-hydrogen) atoms. The number of ether oxygens (including phenoxy) is 1. The van der Waals surface area contributed by atoms with Crippen molar-refractivity contribution in [3.8, 4) is 0 Å². The van der Waals surface area contributed by atoms with Gasteiger partial charge in [-0.25, -0.2) is 4.98 Å². The number of anilines is 1. The van der Waals surface area contributed by atoms with E-state index in [1.165, 1.54) is 11.0 Å². The zero-order chi connectivity index (χ0) is 12.3. The second-order valence-electron chi connectivity index (χ2n) is 4.44. The molecule has 0 aromatic carbocycles. The Hall–Kier alpha value is -1.40. The monoisotopic (exact) mass is 239 g/mol. The molecule has 0 atom stereocenters. The van der Waals surface area contributed by atoms with Gasteiger partial charge in [0.05, 0.1) is 45.5 Å². The van der Waals surface area contributed by atoms with Crippen LogP contribution < -0.4 is 15.4 Å². The summed E-state index contributed by atoms with van der Waals surface area (Å²) in [7, 11) is 3.77. The SMILES string of the molecule is COCc1cc(=O)[nH]c(N2CC[NH+](C)CC2)n1. The summed E-state index contributed by atoms with van der Waals surface area (Å²) in [6.07, 6.45) is 0. The Morgan fingerprint density at radius 3 is 2.88 bits per heavy atom. The molecule has 2 rings (SSSR count). The average molecular weight is 239 g/mol. The highest BCUT2D eigenvalue weighted by molar-refractivity contribution is 5.30. The van der Waals surface area contributed by atoms with Crippen LogP contribution in [0.1, 0.15) is 5.69 Å². The van der Waals surface area contributed by atoms with E-state index in [0.29, 0.717) is 18.2 Å². The maximum absolute atomic E-state index is 11.5. The maximum atomic E-state index is 11.5. The van der Waals surface area contributed by atoms with Crippen LogP contribution in [0, 0.1) is 0 Å². The fourth-order valence-electron chi connectivity index (χ4n) is 1.97. The molecule has 0 unspecified atom stereocenters. The van der Waals surface area contributed by atoms with E-state index in [-0.39, 0.29) is 5.56 Å². The molecule has 2 N–H and O–H groups in total. The summed E-state index contributed by atoms with van der Waals surface area (Å²) in [6.45, 7) is 4.35. The minimum Gasteiger partial charge on any atom is -0.378 e. The van der Waals surface area contributed by atoms with E-state index >= 15 is 0 Å². The van der Waals surface area contributed by atoms with Gasteiger partial charge in [0.1, 0.15) is 0 Å². The second kappa shape index (κ2) is 5.29. The lowest BCUT2D eigenvalue weighted by Gasteiger charge is -2.30. The molecular weight excluding hydrogens is 220 g/mol. The van der Waals surface area contributed by atoms with Gasteiger partial charge in [-0.05, 0) is 0 Å². The van der Waals surface area contributed by atoms with Crippen LogP contribution in [0.25, 0.3) is 0 Å². The Kier molecular flexibility index (Phi) is 3.75. The number of nitrogens with zero attached hydrogens (tertiary/aromatic N) is 2. The van der Waals surface area contributed by atoms with E-state index in [1.807, 2.05) is 0 Å². The lowest BCUT2D eigenvalue weighted by molar-refractivity contribution is -0.880. The van der Waals surface area contributed by atoms with Crippen molar-refractivity contribution in [3.63, 3.8) is 0 Å². The highest BCUT2D eigenvalue weighted by Crippen LogP contribution is 2.05. The number of nitrogens with one attached hydrogen (secondary N) is 2. The minimum absolute atomic E-state index is 0.117. The first-order chi connectivity index (χ1) is 8.19. The largest absolute Gasteiger partial charge is 0.378 e. The van der Waals surface area contributed by atoms with Gasteiger partial charge >= 0.3 is 0 Å². The summed E-state index contributed by atoms with van der Waals surface area (Å²) in [4.78, 5) is 22.3. The van der Waals surface area contributed by atoms with Crippen molar-refractivity contribution in [1.29, 1.82) is 0 Å². The summed E-state index contributed by atoms with van der Waals surface area (Å²) in [6, 6.07) is 1.48. The van der Waals surface area contributed by atoms with Crippen LogP contribution >= 0.6 is 0 Å². The van der Waals surface area contributed by atoms with Crippen molar-refractivity contribution in [2.75, 3.05) is 45.2 Å². The van der Waals surface area contributed by atoms with Gasteiger partial charge in [0.2, 0.25) is 5.95 Å². The Morgan fingerprint density at radius 1 is 1.53 bits per heavy atom. The van der Waals surface area contributed by atoms with Crippen molar-refractivity contribution in [1.82, 2.24) is 9.97 Å². The predicted molar refractivity (Wildman–Crippen MR) is 64.4 cm³/mol. The molecule has 1 aromatic rings. The van der Waals surface area contributed by atoms with Crippen LogP contribution in [0.2, 0.25) is 0 Å². The fourth-order valence-corrected chi connectivity index (χ4v) is 1.97. The molecule has 1 saturated heterocycles. The molecule has 0 saturated carbocycles. The molecule has 0 aliphatic carbocycles. The van der Waals surface area contributed by atoms with E-state index in [0.717, 1.165) is 26.2 Å². The van der Waals surface area contributed by atoms with Crippen LogP contribution in [-0.2, 0) is 11.3 Å². The van der Waals surface area contributed by atoms with E-state index in [2.05, 4.69) is 21.9 Å². The Labute approximate surface area is 100 Å². The highest BCUT2D eigenvalue weighted by Gasteiger charge is 2.18. The van der Waals surface area contributed by atoms with Crippen molar-refractivity contribution in [2.24, 2.45) is 0 Å². The van der Waals surface area contributed by atoms with E-state index in [9.17, 15) is 4.79 Å². The van der Waals surface area contributed by atoms with E-state index in [1.54, 1.807) is 7.11 Å². The van der Waals surface area contributed by atoms with Gasteiger partial charge in [-0.2, -0.15) is 0 Å². The number of quaternary nitrogens is 1. The summed E-state index contributed by atoms with van der Waals surface area (Å²) in [5, 5.41) is 0. The number of methoxy groups -OCH3 is 1. The van der Waals surface area contributed by atoms with Gasteiger partial charge in [-0.1, -0.05) is 0 Å². The van der Waals surface area contributed by atoms with Crippen molar-refractivity contribution >= 4 is 5.95 Å². The number of likely N-dealkylation sites (N-methyl/N-ethyl adjacent to an activating group) is 1. The van der Waals surface area contributed by atoms with E-state index in [4.69, 9.17) is 4.74 Å². The molecule has 2 heterocycles. The number of rotatable bonds is 3. The van der Waals surface area contributed by atoms with Crippen molar-refractivity contribution < 1.29 is 9.64 Å². The fraction of sp³-hybridized carbons (Fsp3) is 0.636. The number of piperazine rings is 1. The molecule has 1 aromatic heterocycles. The molecular formula is C11H19N4O2+. The third kappa shape index (κ3) is 3.04. The van der Waals surface area contributed by atoms with Gasteiger partial charge in [0.15, 0.2) is 0 Å². The standard InChI is InChI=1S/C11H18N4O2/c1-14-3-5-15(6-4-14)11-12-9(8-17-2)7-10(16)13-11/h7H,3-6,8H2,1-2H3,(H,12,13,16)/p+1. The topological polar surface area (TPSA) is 62.7 Å². The average Bonchev–Trinajstić information content (AvgIpc) is 2.29. The number of aromatic amines is 1. The van der Waals surface area contributed by atoms with Gasteiger partial charge in [0, 0.05) is 13.2 Å². The number of aromatic nitrogens is 2. The second-order valence-corrected chi connectivity index (χ2v) is 4.44. The molecule has 1 fully saturated rings. The highest BCUT2D eigenvalue weighted by atomic mass is 16.5. The van der Waals surface area contributed by atoms with Gasteiger partial charge in [0.25, 0.3) is 5.56 Å². The van der Waals surface area contributed by atoms with Crippen LogP contribution in [0.3, 0.4) is 0 Å². The third-order valence-electron chi connectivity index (χ3n) is 2.99. The Balaban J connectivity index is 2.17. The van der Waals surface area contributed by atoms with Gasteiger partial charge < -0.3 is 14.5 Å². The van der Waals surface area contributed by atoms with Crippen LogP contribution in [0.4, 0.5) is 5.95 Å². The maximum Gasteiger partial charge on any atom is 0.252 e. The molecule has 1 aliphatic heterocycles. The zero-order valence-electron chi connectivity index (χ0n) is 10.3. The normalized spacial score (nSPS) is 17.4. The number of hydrogen-bond donors (Lipinski definition) is 2. The lowest BCUT2D eigenvalue weighted by atomic mass is 10.3. The molecule has 0 spiro atoms. The van der Waals surface area contributed by atoms with Crippen LogP contribution in [-0.4, -0.2) is 50.3 Å². The minimum atomic E-state index is -0.117. The summed E-state index contributed by atoms with van der Waals surface area (Å²) in [5.41, 5.74) is 0.561. The molecule has 1 aliphatic rings. The van der Waals surface area contributed by atoms with Gasteiger partial charge in [-0.15, -0.1) is 0 Å². The summed E-state index contributed by atoms with van der Waals surface area (Å²) in [5.74, 6) is 0.664. The first kappa shape index (κ1) is 12.1. The summed E-state index contributed by atoms with van der Waals surface area (Å²) >= 11 is 0. The first-order valence-corrected chi connectivity index (χ1v) is 5.84. The summed E-state index contributed by atoms with van der Waals surface area (Å²) < 4.78 is 5.00. The van der Waals surface area contributed by atoms with Crippen molar-refractivity contribution in [3.05, 3.63) is 22.1 Å². The Bertz CT molecular complexity index is 424. The molecule has 6 heteroatoms. The molecule has 0 bridgehead atoms.